The summed E-state index contributed by atoms with van der Waals surface area (Å²) in [4.78, 5) is 14.0. The van der Waals surface area contributed by atoms with Crippen molar-refractivity contribution in [3.05, 3.63) is 65.2 Å². The molecule has 2 N–H and O–H groups in total. The number of amides is 1. The average molecular weight is 362 g/mol. The molecule has 126 valence electrons. The second-order valence-corrected chi connectivity index (χ2v) is 6.91. The molecule has 0 heterocycles. The number of halogens is 1. The number of rotatable bonds is 7. The van der Waals surface area contributed by atoms with Crippen LogP contribution in [0, 0.1) is 0 Å². The Kier molecular flexibility index (Phi) is 7.37. The van der Waals surface area contributed by atoms with Crippen molar-refractivity contribution in [1.29, 1.82) is 0 Å². The van der Waals surface area contributed by atoms with Crippen LogP contribution in [0.4, 0.5) is 0 Å². The van der Waals surface area contributed by atoms with Crippen LogP contribution in [0.1, 0.15) is 18.9 Å². The minimum atomic E-state index is -0.411. The Labute approximate surface area is 151 Å². The molecule has 0 spiro atoms. The number of carbonyl (C=O) groups excluding carboxylic acids is 1. The monoisotopic (exact) mass is 361 g/mol. The lowest BCUT2D eigenvalue weighted by molar-refractivity contribution is -0.116. The highest BCUT2D eigenvalue weighted by molar-refractivity contribution is 7.99. The van der Waals surface area contributed by atoms with Crippen molar-refractivity contribution < 1.29 is 9.90 Å². The Hall–Kier alpha value is -1.75. The van der Waals surface area contributed by atoms with E-state index >= 15 is 0 Å². The molecule has 0 fully saturated rings. The molecule has 0 radical (unpaired) electrons. The van der Waals surface area contributed by atoms with Gasteiger partial charge in [0.15, 0.2) is 0 Å². The number of nitrogens with one attached hydrogen (secondary N) is 1. The van der Waals surface area contributed by atoms with Crippen molar-refractivity contribution in [2.24, 2.45) is 0 Å². The van der Waals surface area contributed by atoms with Crippen LogP contribution >= 0.6 is 23.4 Å². The second kappa shape index (κ2) is 9.52. The van der Waals surface area contributed by atoms with Crippen molar-refractivity contribution in [1.82, 2.24) is 5.32 Å². The molecule has 0 aliphatic carbocycles. The highest BCUT2D eigenvalue weighted by Gasteiger charge is 2.03. The SMILES string of the molecule is CC(O)CCNC(=O)/C=C/c1ccccc1Sc1ccc(Cl)cc1. The van der Waals surface area contributed by atoms with Gasteiger partial charge in [0.05, 0.1) is 6.10 Å². The first-order chi connectivity index (χ1) is 11.5. The third kappa shape index (κ3) is 6.40. The van der Waals surface area contributed by atoms with Crippen molar-refractivity contribution in [2.75, 3.05) is 6.54 Å². The van der Waals surface area contributed by atoms with Gasteiger partial charge in [-0.25, -0.2) is 0 Å². The van der Waals surface area contributed by atoms with Gasteiger partial charge >= 0.3 is 0 Å². The minimum Gasteiger partial charge on any atom is -0.393 e. The molecular formula is C19H20ClNO2S. The minimum absolute atomic E-state index is 0.165. The summed E-state index contributed by atoms with van der Waals surface area (Å²) in [5.74, 6) is -0.165. The first-order valence-electron chi connectivity index (χ1n) is 7.71. The van der Waals surface area contributed by atoms with Crippen LogP contribution in [-0.2, 0) is 4.79 Å². The van der Waals surface area contributed by atoms with Crippen LogP contribution in [-0.4, -0.2) is 23.7 Å². The summed E-state index contributed by atoms with van der Waals surface area (Å²) in [7, 11) is 0. The third-order valence-electron chi connectivity index (χ3n) is 3.24. The predicted molar refractivity (Wildman–Crippen MR) is 100 cm³/mol. The lowest BCUT2D eigenvalue weighted by atomic mass is 10.2. The van der Waals surface area contributed by atoms with Gasteiger partial charge in [0.1, 0.15) is 0 Å². The van der Waals surface area contributed by atoms with Crippen LogP contribution in [0.15, 0.2) is 64.4 Å². The van der Waals surface area contributed by atoms with Gasteiger partial charge in [0, 0.05) is 27.4 Å². The third-order valence-corrected chi connectivity index (χ3v) is 4.59. The van der Waals surface area contributed by atoms with Gasteiger partial charge in [-0.15, -0.1) is 0 Å². The summed E-state index contributed by atoms with van der Waals surface area (Å²) >= 11 is 7.53. The van der Waals surface area contributed by atoms with Gasteiger partial charge in [-0.05, 0) is 55.3 Å². The number of aliphatic hydroxyl groups is 1. The Bertz CT molecular complexity index is 699. The number of carbonyl (C=O) groups is 1. The van der Waals surface area contributed by atoms with E-state index in [0.29, 0.717) is 18.0 Å². The predicted octanol–water partition coefficient (Wildman–Crippen LogP) is 4.39. The fourth-order valence-electron chi connectivity index (χ4n) is 1.97. The quantitative estimate of drug-likeness (QED) is 0.719. The van der Waals surface area contributed by atoms with Crippen molar-refractivity contribution in [2.45, 2.75) is 29.2 Å². The Morgan fingerprint density at radius 2 is 1.96 bits per heavy atom. The summed E-state index contributed by atoms with van der Waals surface area (Å²) in [5.41, 5.74) is 0.975. The van der Waals surface area contributed by atoms with E-state index in [4.69, 9.17) is 11.6 Å². The van der Waals surface area contributed by atoms with Gasteiger partial charge < -0.3 is 10.4 Å². The molecule has 2 aromatic carbocycles. The molecular weight excluding hydrogens is 342 g/mol. The second-order valence-electron chi connectivity index (χ2n) is 5.36. The van der Waals surface area contributed by atoms with Gasteiger partial charge in [-0.3, -0.25) is 4.79 Å². The number of aliphatic hydroxyl groups excluding tert-OH is 1. The molecule has 0 saturated carbocycles. The van der Waals surface area contributed by atoms with E-state index in [1.165, 1.54) is 6.08 Å². The molecule has 1 unspecified atom stereocenters. The normalized spacial score (nSPS) is 12.3. The molecule has 1 atom stereocenters. The molecule has 0 aromatic heterocycles. The molecule has 0 aliphatic heterocycles. The molecule has 0 aliphatic rings. The zero-order valence-corrected chi connectivity index (χ0v) is 15.0. The Morgan fingerprint density at radius 3 is 2.67 bits per heavy atom. The Morgan fingerprint density at radius 1 is 1.25 bits per heavy atom. The number of hydrogen-bond acceptors (Lipinski definition) is 3. The van der Waals surface area contributed by atoms with Crippen molar-refractivity contribution >= 4 is 35.3 Å². The maximum Gasteiger partial charge on any atom is 0.244 e. The van der Waals surface area contributed by atoms with Crippen LogP contribution < -0.4 is 5.32 Å². The average Bonchev–Trinajstić information content (AvgIpc) is 2.56. The smallest absolute Gasteiger partial charge is 0.244 e. The maximum atomic E-state index is 11.8. The van der Waals surface area contributed by atoms with E-state index < -0.39 is 6.10 Å². The highest BCUT2D eigenvalue weighted by atomic mass is 35.5. The summed E-state index contributed by atoms with van der Waals surface area (Å²) in [6.07, 6.45) is 3.45. The van der Waals surface area contributed by atoms with Crippen LogP contribution in [0.25, 0.3) is 6.08 Å². The molecule has 0 saturated heterocycles. The fourth-order valence-corrected chi connectivity index (χ4v) is 3.02. The summed E-state index contributed by atoms with van der Waals surface area (Å²) < 4.78 is 0. The van der Waals surface area contributed by atoms with Crippen LogP contribution in [0.3, 0.4) is 0 Å². The van der Waals surface area contributed by atoms with Crippen LogP contribution in [0.5, 0.6) is 0 Å². The number of hydrogen-bond donors (Lipinski definition) is 2. The summed E-state index contributed by atoms with van der Waals surface area (Å²) in [5, 5.41) is 12.6. The van der Waals surface area contributed by atoms with Crippen molar-refractivity contribution in [3.8, 4) is 0 Å². The lowest BCUT2D eigenvalue weighted by Crippen LogP contribution is -2.24. The molecule has 24 heavy (non-hydrogen) atoms. The topological polar surface area (TPSA) is 49.3 Å². The van der Waals surface area contributed by atoms with Gasteiger partial charge in [-0.2, -0.15) is 0 Å². The van der Waals surface area contributed by atoms with Gasteiger partial charge in [0.2, 0.25) is 5.91 Å². The van der Waals surface area contributed by atoms with E-state index in [2.05, 4.69) is 5.32 Å². The van der Waals surface area contributed by atoms with E-state index in [1.54, 1.807) is 24.8 Å². The summed E-state index contributed by atoms with van der Waals surface area (Å²) in [6.45, 7) is 2.16. The van der Waals surface area contributed by atoms with Gasteiger partial charge in [0.25, 0.3) is 0 Å². The number of benzene rings is 2. The first-order valence-corrected chi connectivity index (χ1v) is 8.90. The molecule has 2 aromatic rings. The van der Waals surface area contributed by atoms with E-state index in [0.717, 1.165) is 15.4 Å². The van der Waals surface area contributed by atoms with E-state index in [-0.39, 0.29) is 5.91 Å². The zero-order chi connectivity index (χ0) is 17.4. The first kappa shape index (κ1) is 18.6. The van der Waals surface area contributed by atoms with Crippen LogP contribution in [0.2, 0.25) is 5.02 Å². The molecule has 2 rings (SSSR count). The molecule has 5 heteroatoms. The Balaban J connectivity index is 2.01. The summed E-state index contributed by atoms with van der Waals surface area (Å²) in [6, 6.07) is 15.6. The zero-order valence-electron chi connectivity index (χ0n) is 13.4. The lowest BCUT2D eigenvalue weighted by Gasteiger charge is -2.06. The molecule has 0 bridgehead atoms. The maximum absolute atomic E-state index is 11.8. The molecule has 1 amide bonds. The van der Waals surface area contributed by atoms with Gasteiger partial charge in [-0.1, -0.05) is 41.6 Å². The van der Waals surface area contributed by atoms with E-state index in [1.807, 2.05) is 48.5 Å². The fraction of sp³-hybridized carbons (Fsp3) is 0.211. The van der Waals surface area contributed by atoms with Crippen molar-refractivity contribution in [3.63, 3.8) is 0 Å². The largest absolute Gasteiger partial charge is 0.393 e. The molecule has 3 nitrogen and oxygen atoms in total. The van der Waals surface area contributed by atoms with E-state index in [9.17, 15) is 9.90 Å². The standard InChI is InChI=1S/C19H20ClNO2S/c1-14(22)12-13-21-19(23)11-6-15-4-2-3-5-18(15)24-17-9-7-16(20)8-10-17/h2-11,14,22H,12-13H2,1H3,(H,21,23)/b11-6+. The highest BCUT2D eigenvalue weighted by Crippen LogP contribution is 2.31.